The van der Waals surface area contributed by atoms with Gasteiger partial charge in [-0.25, -0.2) is 14.8 Å². The molecule has 0 unspecified atom stereocenters. The molecule has 1 heterocycles. The van der Waals surface area contributed by atoms with E-state index in [4.69, 9.17) is 14.5 Å². The minimum atomic E-state index is -1.05. The molecule has 1 N–H and O–H groups in total. The highest BCUT2D eigenvalue weighted by atomic mass is 79.9. The van der Waals surface area contributed by atoms with Crippen LogP contribution < -0.4 is 10.1 Å². The van der Waals surface area contributed by atoms with Crippen molar-refractivity contribution in [1.82, 2.24) is 9.97 Å². The number of hydrogen-bond acceptors (Lipinski definition) is 6. The van der Waals surface area contributed by atoms with Crippen molar-refractivity contribution in [3.05, 3.63) is 82.8 Å². The maximum atomic E-state index is 12.9. The van der Waals surface area contributed by atoms with Crippen LogP contribution in [0.15, 0.2) is 77.3 Å². The lowest BCUT2D eigenvalue weighted by Crippen LogP contribution is -2.22. The summed E-state index contributed by atoms with van der Waals surface area (Å²) in [5.41, 5.74) is 3.39. The number of nitrogens with one attached hydrogen (secondary N) is 1. The largest absolute Gasteiger partial charge is 0.463 e. The molecule has 1 amide bonds. The van der Waals surface area contributed by atoms with Gasteiger partial charge in [-0.15, -0.1) is 0 Å². The number of esters is 1. The maximum Gasteiger partial charge on any atom is 0.352 e. The Kier molecular flexibility index (Phi) is 7.18. The lowest BCUT2D eigenvalue weighted by atomic mass is 10.1. The third kappa shape index (κ3) is 5.23. The quantitative estimate of drug-likeness (QED) is 0.315. The zero-order chi connectivity index (χ0) is 24.1. The van der Waals surface area contributed by atoms with Crippen LogP contribution >= 0.6 is 15.9 Å². The van der Waals surface area contributed by atoms with Gasteiger partial charge >= 0.3 is 5.97 Å². The second-order valence-electron chi connectivity index (χ2n) is 7.40. The summed E-state index contributed by atoms with van der Waals surface area (Å²) in [5.74, 6) is -0.621. The molecule has 0 spiro atoms. The number of rotatable bonds is 7. The highest BCUT2D eigenvalue weighted by Crippen LogP contribution is 2.37. The Morgan fingerprint density at radius 3 is 2.32 bits per heavy atom. The van der Waals surface area contributed by atoms with Gasteiger partial charge in [-0.1, -0.05) is 58.4 Å². The Morgan fingerprint density at radius 1 is 0.971 bits per heavy atom. The molecule has 1 atom stereocenters. The molecule has 0 saturated carbocycles. The number of para-hydroxylation sites is 2. The number of nitrogens with zero attached hydrogens (tertiary/aromatic N) is 2. The van der Waals surface area contributed by atoms with Crippen LogP contribution in [-0.4, -0.2) is 28.5 Å². The van der Waals surface area contributed by atoms with Crippen LogP contribution in [0.25, 0.3) is 22.3 Å². The summed E-state index contributed by atoms with van der Waals surface area (Å²) < 4.78 is 12.3. The van der Waals surface area contributed by atoms with E-state index in [2.05, 4.69) is 26.2 Å². The summed E-state index contributed by atoms with van der Waals surface area (Å²) in [5, 5.41) is 2.83. The Hall–Kier alpha value is -3.78. The van der Waals surface area contributed by atoms with Crippen molar-refractivity contribution in [2.75, 3.05) is 11.9 Å². The van der Waals surface area contributed by atoms with E-state index in [0.717, 1.165) is 4.47 Å². The van der Waals surface area contributed by atoms with Crippen molar-refractivity contribution < 1.29 is 19.1 Å². The van der Waals surface area contributed by atoms with E-state index in [1.807, 2.05) is 54.6 Å². The first-order chi connectivity index (χ1) is 16.5. The van der Waals surface area contributed by atoms with E-state index in [-0.39, 0.29) is 18.4 Å². The molecule has 172 valence electrons. The Morgan fingerprint density at radius 2 is 1.65 bits per heavy atom. The van der Waals surface area contributed by atoms with Crippen LogP contribution in [0.1, 0.15) is 25.5 Å². The molecular formula is C26H22BrN3O4. The normalized spacial score (nSPS) is 11.6. The number of ether oxygens (including phenoxy) is 2. The number of halogens is 1. The monoisotopic (exact) mass is 519 g/mol. The SMILES string of the molecule is CCOC(=O)[C@H](Oc1nc2ccccc2nc1-c1cc(Br)ccc1NC(C)=O)c1ccccc1. The van der Waals surface area contributed by atoms with Crippen LogP contribution in [-0.2, 0) is 14.3 Å². The zero-order valence-corrected chi connectivity index (χ0v) is 20.2. The first-order valence-electron chi connectivity index (χ1n) is 10.7. The van der Waals surface area contributed by atoms with Crippen LogP contribution in [0.2, 0.25) is 0 Å². The summed E-state index contributed by atoms with van der Waals surface area (Å²) in [6.45, 7) is 3.38. The Bertz CT molecular complexity index is 1340. The molecule has 0 aliphatic carbocycles. The molecule has 0 aliphatic heterocycles. The van der Waals surface area contributed by atoms with Gasteiger partial charge in [0.05, 0.1) is 23.3 Å². The van der Waals surface area contributed by atoms with Crippen molar-refractivity contribution in [2.24, 2.45) is 0 Å². The smallest absolute Gasteiger partial charge is 0.352 e. The van der Waals surface area contributed by atoms with Crippen molar-refractivity contribution in [2.45, 2.75) is 20.0 Å². The van der Waals surface area contributed by atoms with Gasteiger partial charge in [-0.2, -0.15) is 0 Å². The second kappa shape index (κ2) is 10.4. The molecular weight excluding hydrogens is 498 g/mol. The van der Waals surface area contributed by atoms with Crippen LogP contribution in [0, 0.1) is 0 Å². The van der Waals surface area contributed by atoms with Gasteiger partial charge in [0.2, 0.25) is 17.9 Å². The van der Waals surface area contributed by atoms with Crippen molar-refractivity contribution in [3.8, 4) is 17.1 Å². The van der Waals surface area contributed by atoms with E-state index in [9.17, 15) is 9.59 Å². The first kappa shape index (κ1) is 23.4. The summed E-state index contributed by atoms with van der Waals surface area (Å²) in [6.07, 6.45) is -1.05. The van der Waals surface area contributed by atoms with E-state index in [0.29, 0.717) is 33.5 Å². The molecule has 7 nitrogen and oxygen atoms in total. The van der Waals surface area contributed by atoms with Gasteiger partial charge < -0.3 is 14.8 Å². The fraction of sp³-hybridized carbons (Fsp3) is 0.154. The molecule has 4 rings (SSSR count). The lowest BCUT2D eigenvalue weighted by Gasteiger charge is -2.20. The number of hydrogen-bond donors (Lipinski definition) is 1. The number of carbonyl (C=O) groups is 2. The summed E-state index contributed by atoms with van der Waals surface area (Å²) in [4.78, 5) is 34.2. The van der Waals surface area contributed by atoms with E-state index >= 15 is 0 Å². The highest BCUT2D eigenvalue weighted by molar-refractivity contribution is 9.10. The predicted octanol–water partition coefficient (Wildman–Crippen LogP) is 5.70. The topological polar surface area (TPSA) is 90.4 Å². The molecule has 34 heavy (non-hydrogen) atoms. The number of benzene rings is 3. The summed E-state index contributed by atoms with van der Waals surface area (Å²) >= 11 is 3.49. The lowest BCUT2D eigenvalue weighted by molar-refractivity contribution is -0.151. The van der Waals surface area contributed by atoms with Gasteiger partial charge in [0.25, 0.3) is 0 Å². The fourth-order valence-corrected chi connectivity index (χ4v) is 3.82. The molecule has 4 aromatic rings. The zero-order valence-electron chi connectivity index (χ0n) is 18.6. The molecule has 0 aliphatic rings. The maximum absolute atomic E-state index is 12.9. The molecule has 0 saturated heterocycles. The number of amides is 1. The molecule has 1 aromatic heterocycles. The van der Waals surface area contributed by atoms with Crippen molar-refractivity contribution in [3.63, 3.8) is 0 Å². The third-order valence-electron chi connectivity index (χ3n) is 4.92. The number of carbonyl (C=O) groups excluding carboxylic acids is 2. The van der Waals surface area contributed by atoms with E-state index < -0.39 is 12.1 Å². The van der Waals surface area contributed by atoms with Crippen molar-refractivity contribution in [1.29, 1.82) is 0 Å². The molecule has 8 heteroatoms. The van der Waals surface area contributed by atoms with Gasteiger partial charge in [0.1, 0.15) is 5.69 Å². The van der Waals surface area contributed by atoms with Crippen LogP contribution in [0.4, 0.5) is 5.69 Å². The fourth-order valence-electron chi connectivity index (χ4n) is 3.46. The predicted molar refractivity (Wildman–Crippen MR) is 133 cm³/mol. The minimum Gasteiger partial charge on any atom is -0.463 e. The highest BCUT2D eigenvalue weighted by Gasteiger charge is 2.27. The first-order valence-corrected chi connectivity index (χ1v) is 11.5. The summed E-state index contributed by atoms with van der Waals surface area (Å²) in [6, 6.07) is 21.8. The minimum absolute atomic E-state index is 0.144. The second-order valence-corrected chi connectivity index (χ2v) is 8.31. The van der Waals surface area contributed by atoms with Gasteiger partial charge in [-0.3, -0.25) is 4.79 Å². The number of fused-ring (bicyclic) bond motifs is 1. The number of anilines is 1. The third-order valence-corrected chi connectivity index (χ3v) is 5.41. The molecule has 3 aromatic carbocycles. The van der Waals surface area contributed by atoms with Gasteiger partial charge in [0, 0.05) is 22.5 Å². The summed E-state index contributed by atoms with van der Waals surface area (Å²) in [7, 11) is 0. The molecule has 0 radical (unpaired) electrons. The average molecular weight is 520 g/mol. The average Bonchev–Trinajstić information content (AvgIpc) is 2.83. The van der Waals surface area contributed by atoms with Gasteiger partial charge in [0.15, 0.2) is 0 Å². The Balaban J connectivity index is 1.91. The van der Waals surface area contributed by atoms with Crippen LogP contribution in [0.5, 0.6) is 5.88 Å². The standard InChI is InChI=1S/C26H22BrN3O4/c1-3-33-26(32)24(17-9-5-4-6-10-17)34-25-23(29-21-11-7-8-12-22(21)30-25)19-15-18(27)13-14-20(19)28-16(2)31/h4-15,24H,3H2,1-2H3,(H,28,31)/t24-/m1/s1. The Labute approximate surface area is 205 Å². The molecule has 0 bridgehead atoms. The van der Waals surface area contributed by atoms with Gasteiger partial charge in [-0.05, 0) is 37.3 Å². The van der Waals surface area contributed by atoms with Crippen molar-refractivity contribution >= 4 is 44.5 Å². The number of aromatic nitrogens is 2. The van der Waals surface area contributed by atoms with Crippen LogP contribution in [0.3, 0.4) is 0 Å². The van der Waals surface area contributed by atoms with E-state index in [1.54, 1.807) is 25.1 Å². The molecule has 0 fully saturated rings. The van der Waals surface area contributed by atoms with E-state index in [1.165, 1.54) is 6.92 Å².